The Labute approximate surface area is 101 Å². The molecule has 0 saturated carbocycles. The van der Waals surface area contributed by atoms with Gasteiger partial charge in [-0.25, -0.2) is 0 Å². The lowest BCUT2D eigenvalue weighted by Gasteiger charge is -2.28. The van der Waals surface area contributed by atoms with Crippen LogP contribution in [0.5, 0.6) is 0 Å². The van der Waals surface area contributed by atoms with Crippen molar-refractivity contribution in [1.82, 2.24) is 0 Å². The number of carbonyl (C=O) groups excluding carboxylic acids is 1. The van der Waals surface area contributed by atoms with Gasteiger partial charge in [0.2, 0.25) is 11.8 Å². The van der Waals surface area contributed by atoms with Gasteiger partial charge in [0.25, 0.3) is 0 Å². The van der Waals surface area contributed by atoms with Gasteiger partial charge in [0, 0.05) is 0 Å². The summed E-state index contributed by atoms with van der Waals surface area (Å²) >= 11 is 0. The van der Waals surface area contributed by atoms with Crippen molar-refractivity contribution >= 4 is 5.78 Å². The number of carbonyl (C=O) groups is 1. The second-order valence-corrected chi connectivity index (χ2v) is 3.43. The van der Waals surface area contributed by atoms with Crippen LogP contribution in [-0.4, -0.2) is 30.5 Å². The van der Waals surface area contributed by atoms with Crippen LogP contribution >= 0.6 is 0 Å². The van der Waals surface area contributed by atoms with Crippen molar-refractivity contribution in [3.05, 3.63) is 0 Å². The van der Waals surface area contributed by atoms with Gasteiger partial charge in [-0.3, -0.25) is 4.79 Å². The minimum atomic E-state index is -6.63. The number of ketones is 1. The molecule has 20 heavy (non-hydrogen) atoms. The third kappa shape index (κ3) is 4.44. The van der Waals surface area contributed by atoms with Crippen LogP contribution in [-0.2, 0) is 4.79 Å². The molecule has 0 N–H and O–H groups in total. The average molecular weight is 330 g/mol. The van der Waals surface area contributed by atoms with Crippen molar-refractivity contribution in [2.45, 2.75) is 24.7 Å². The minimum absolute atomic E-state index is 4.06. The van der Waals surface area contributed by atoms with Crippen molar-refractivity contribution in [2.75, 3.05) is 0 Å². The van der Waals surface area contributed by atoms with Gasteiger partial charge in [-0.1, -0.05) is 0 Å². The van der Waals surface area contributed by atoms with E-state index in [1.54, 1.807) is 0 Å². The number of halogens is 12. The molecule has 0 aliphatic carbocycles. The quantitative estimate of drug-likeness (QED) is 0.699. The molecule has 1 nitrogen and oxygen atoms in total. The smallest absolute Gasteiger partial charge is 0.298 e. The Morgan fingerprint density at radius 2 is 0.650 bits per heavy atom. The maximum Gasteiger partial charge on any atom is 0.407 e. The molecule has 0 aliphatic heterocycles. The van der Waals surface area contributed by atoms with E-state index in [1.807, 2.05) is 0 Å². The molecule has 0 aromatic rings. The molecular formula is C7H2F12O. The predicted molar refractivity (Wildman–Crippen MR) is 36.2 cm³/mol. The van der Waals surface area contributed by atoms with E-state index in [9.17, 15) is 57.5 Å². The second kappa shape index (κ2) is 4.98. The Morgan fingerprint density at radius 3 is 0.750 bits per heavy atom. The van der Waals surface area contributed by atoms with Crippen LogP contribution in [0.1, 0.15) is 0 Å². The minimum Gasteiger partial charge on any atom is -0.298 e. The number of alkyl halides is 12. The van der Waals surface area contributed by atoms with E-state index in [-0.39, 0.29) is 0 Å². The van der Waals surface area contributed by atoms with Gasteiger partial charge >= 0.3 is 24.7 Å². The number of hydrogen-bond donors (Lipinski definition) is 0. The molecule has 0 radical (unpaired) electrons. The molecule has 0 saturated heterocycles. The molecule has 0 atom stereocenters. The molecule has 0 spiro atoms. The van der Waals surface area contributed by atoms with Crippen LogP contribution in [0.3, 0.4) is 0 Å². The van der Waals surface area contributed by atoms with Gasteiger partial charge in [0.05, 0.1) is 0 Å². The van der Waals surface area contributed by atoms with E-state index in [4.69, 9.17) is 0 Å². The Hall–Kier alpha value is -1.17. The Morgan fingerprint density at radius 1 is 0.500 bits per heavy atom. The summed E-state index contributed by atoms with van der Waals surface area (Å²) in [6, 6.07) is 0. The molecule has 0 bridgehead atoms. The van der Waals surface area contributed by atoms with Gasteiger partial charge in [-0.15, -0.1) is 0 Å². The van der Waals surface area contributed by atoms with E-state index in [1.165, 1.54) is 0 Å². The van der Waals surface area contributed by atoms with Crippen molar-refractivity contribution in [3.8, 4) is 0 Å². The van der Waals surface area contributed by atoms with Crippen LogP contribution in [0.4, 0.5) is 52.7 Å². The monoisotopic (exact) mass is 330 g/mol. The summed E-state index contributed by atoms with van der Waals surface area (Å²) < 4.78 is 143. The van der Waals surface area contributed by atoms with Crippen LogP contribution < -0.4 is 0 Å². The van der Waals surface area contributed by atoms with E-state index < -0.39 is 42.3 Å². The molecule has 0 heterocycles. The zero-order chi connectivity index (χ0) is 16.7. The molecule has 13 heteroatoms. The van der Waals surface area contributed by atoms with Gasteiger partial charge in [0.1, 0.15) is 0 Å². The average Bonchev–Trinajstić information content (AvgIpc) is 1.88. The van der Waals surface area contributed by atoms with Crippen molar-refractivity contribution in [2.24, 2.45) is 11.8 Å². The first-order valence-corrected chi connectivity index (χ1v) is 4.20. The van der Waals surface area contributed by atoms with Gasteiger partial charge in [0.15, 0.2) is 5.78 Å². The summed E-state index contributed by atoms with van der Waals surface area (Å²) in [7, 11) is 0. The summed E-state index contributed by atoms with van der Waals surface area (Å²) in [5.41, 5.74) is 0. The number of hydrogen-bond acceptors (Lipinski definition) is 1. The summed E-state index contributed by atoms with van der Waals surface area (Å²) in [4.78, 5) is 10.6. The lowest BCUT2D eigenvalue weighted by atomic mass is 9.90. The fraction of sp³-hybridized carbons (Fsp3) is 0.857. The van der Waals surface area contributed by atoms with Gasteiger partial charge < -0.3 is 0 Å². The van der Waals surface area contributed by atoms with Crippen molar-refractivity contribution < 1.29 is 57.5 Å². The highest BCUT2D eigenvalue weighted by Crippen LogP contribution is 2.47. The second-order valence-electron chi connectivity index (χ2n) is 3.43. The zero-order valence-electron chi connectivity index (χ0n) is 8.60. The zero-order valence-corrected chi connectivity index (χ0v) is 8.60. The van der Waals surface area contributed by atoms with E-state index in [0.29, 0.717) is 0 Å². The molecular weight excluding hydrogens is 328 g/mol. The van der Waals surface area contributed by atoms with Gasteiger partial charge in [-0.05, 0) is 0 Å². The van der Waals surface area contributed by atoms with Crippen molar-refractivity contribution in [1.29, 1.82) is 0 Å². The normalized spacial score (nSPS) is 15.1. The first kappa shape index (κ1) is 18.8. The molecule has 0 fully saturated rings. The van der Waals surface area contributed by atoms with Crippen molar-refractivity contribution in [3.63, 3.8) is 0 Å². The fourth-order valence-electron chi connectivity index (χ4n) is 1.18. The summed E-state index contributed by atoms with van der Waals surface area (Å²) in [6.45, 7) is 0. The molecule has 0 rings (SSSR count). The van der Waals surface area contributed by atoms with Crippen LogP contribution in [0, 0.1) is 11.8 Å². The fourth-order valence-corrected chi connectivity index (χ4v) is 1.18. The number of Topliss-reactive ketones (excluding diaryl/α,β-unsaturated/α-hetero) is 1. The third-order valence-corrected chi connectivity index (χ3v) is 1.88. The molecule has 0 aromatic heterocycles. The largest absolute Gasteiger partial charge is 0.407 e. The SMILES string of the molecule is O=C(C(C(F)(F)F)C(F)(F)F)C(C(F)(F)F)C(F)(F)F. The number of rotatable bonds is 2. The lowest BCUT2D eigenvalue weighted by Crippen LogP contribution is -2.52. The maximum atomic E-state index is 11.9. The maximum absolute atomic E-state index is 11.9. The Balaban J connectivity index is 5.89. The topological polar surface area (TPSA) is 17.1 Å². The lowest BCUT2D eigenvalue weighted by molar-refractivity contribution is -0.300. The first-order chi connectivity index (χ1) is 8.40. The van der Waals surface area contributed by atoms with Crippen LogP contribution in [0.25, 0.3) is 0 Å². The Bertz CT molecular complexity index is 292. The molecule has 0 aliphatic rings. The summed E-state index contributed by atoms with van der Waals surface area (Å²) in [6.07, 6.45) is -26.5. The Kier molecular flexibility index (Phi) is 4.69. The van der Waals surface area contributed by atoms with E-state index >= 15 is 0 Å². The summed E-state index contributed by atoms with van der Waals surface area (Å²) in [5.74, 6) is -14.8. The highest BCUT2D eigenvalue weighted by atomic mass is 19.4. The predicted octanol–water partition coefficient (Wildman–Crippen LogP) is 4.04. The van der Waals surface area contributed by atoms with Gasteiger partial charge in [-0.2, -0.15) is 52.7 Å². The molecule has 0 unspecified atom stereocenters. The van der Waals surface area contributed by atoms with E-state index in [2.05, 4.69) is 0 Å². The first-order valence-electron chi connectivity index (χ1n) is 4.20. The van der Waals surface area contributed by atoms with Crippen LogP contribution in [0.2, 0.25) is 0 Å². The van der Waals surface area contributed by atoms with E-state index in [0.717, 1.165) is 0 Å². The summed E-state index contributed by atoms with van der Waals surface area (Å²) in [5, 5.41) is 0. The highest BCUT2D eigenvalue weighted by Gasteiger charge is 2.70. The third-order valence-electron chi connectivity index (χ3n) is 1.88. The molecule has 0 aromatic carbocycles. The highest BCUT2D eigenvalue weighted by molar-refractivity contribution is 5.86. The standard InChI is InChI=1S/C7H2F12O/c8-4(9,10)2(5(11,12)13)1(20)3(6(14,15)16)7(17,18)19/h2-3H. The molecule has 120 valence electrons. The molecule has 0 amide bonds. The van der Waals surface area contributed by atoms with Crippen LogP contribution in [0.15, 0.2) is 0 Å².